The second kappa shape index (κ2) is 6.35. The van der Waals surface area contributed by atoms with E-state index in [4.69, 9.17) is 9.47 Å². The first-order valence-electron chi connectivity index (χ1n) is 5.18. The maximum absolute atomic E-state index is 5.70. The van der Waals surface area contributed by atoms with E-state index in [2.05, 4.69) is 12.2 Å². The highest BCUT2D eigenvalue weighted by atomic mass is 16.5. The highest BCUT2D eigenvalue weighted by Gasteiger charge is 2.20. The average molecular weight is 187 g/mol. The Morgan fingerprint density at radius 1 is 1.38 bits per heavy atom. The van der Waals surface area contributed by atoms with Crippen LogP contribution in [0.25, 0.3) is 0 Å². The quantitative estimate of drug-likeness (QED) is 0.633. The summed E-state index contributed by atoms with van der Waals surface area (Å²) in [6, 6.07) is 0. The van der Waals surface area contributed by atoms with Gasteiger partial charge in [-0.05, 0) is 32.7 Å². The number of methoxy groups -OCH3 is 1. The molecule has 0 aromatic carbocycles. The zero-order valence-electron chi connectivity index (χ0n) is 8.71. The third-order valence-electron chi connectivity index (χ3n) is 2.45. The number of hydrogen-bond donors (Lipinski definition) is 1. The molecule has 1 N–H and O–H groups in total. The van der Waals surface area contributed by atoms with Gasteiger partial charge in [0.05, 0.1) is 18.8 Å². The Morgan fingerprint density at radius 3 is 2.85 bits per heavy atom. The van der Waals surface area contributed by atoms with Gasteiger partial charge in [0.15, 0.2) is 0 Å². The summed E-state index contributed by atoms with van der Waals surface area (Å²) >= 11 is 0. The van der Waals surface area contributed by atoms with E-state index in [-0.39, 0.29) is 0 Å². The lowest BCUT2D eigenvalue weighted by atomic mass is 10.1. The molecular weight excluding hydrogens is 166 g/mol. The van der Waals surface area contributed by atoms with Crippen LogP contribution in [0.5, 0.6) is 0 Å². The molecule has 2 atom stereocenters. The Labute approximate surface area is 80.8 Å². The normalized spacial score (nSPS) is 28.2. The Hall–Kier alpha value is -0.120. The van der Waals surface area contributed by atoms with Crippen molar-refractivity contribution >= 4 is 0 Å². The zero-order valence-corrected chi connectivity index (χ0v) is 8.71. The van der Waals surface area contributed by atoms with Crippen LogP contribution in [-0.4, -0.2) is 39.0 Å². The molecule has 0 aromatic heterocycles. The van der Waals surface area contributed by atoms with E-state index < -0.39 is 0 Å². The molecule has 0 saturated carbocycles. The molecule has 0 spiro atoms. The summed E-state index contributed by atoms with van der Waals surface area (Å²) in [5.74, 6) is 0. The van der Waals surface area contributed by atoms with Gasteiger partial charge in [-0.2, -0.15) is 0 Å². The second-order valence-electron chi connectivity index (χ2n) is 3.68. The first-order valence-corrected chi connectivity index (χ1v) is 5.18. The molecule has 2 unspecified atom stereocenters. The molecule has 0 aliphatic carbocycles. The predicted molar refractivity (Wildman–Crippen MR) is 52.9 cm³/mol. The van der Waals surface area contributed by atoms with Crippen LogP contribution in [0.15, 0.2) is 0 Å². The van der Waals surface area contributed by atoms with Crippen LogP contribution < -0.4 is 5.32 Å². The van der Waals surface area contributed by atoms with Gasteiger partial charge in [-0.15, -0.1) is 0 Å². The monoisotopic (exact) mass is 187 g/mol. The van der Waals surface area contributed by atoms with E-state index in [1.165, 1.54) is 12.8 Å². The molecule has 0 bridgehead atoms. The topological polar surface area (TPSA) is 30.5 Å². The molecule has 0 aromatic rings. The highest BCUT2D eigenvalue weighted by molar-refractivity contribution is 4.71. The molecule has 1 fully saturated rings. The smallest absolute Gasteiger partial charge is 0.0591 e. The maximum atomic E-state index is 5.70. The van der Waals surface area contributed by atoms with Gasteiger partial charge >= 0.3 is 0 Å². The Morgan fingerprint density at radius 2 is 2.23 bits per heavy atom. The molecule has 0 radical (unpaired) electrons. The number of ether oxygens (including phenoxy) is 2. The summed E-state index contributed by atoms with van der Waals surface area (Å²) in [6.07, 6.45) is 4.55. The Balaban J connectivity index is 1.88. The van der Waals surface area contributed by atoms with Gasteiger partial charge in [-0.25, -0.2) is 0 Å². The molecule has 78 valence electrons. The first-order chi connectivity index (χ1) is 6.33. The van der Waals surface area contributed by atoms with Crippen molar-refractivity contribution in [3.8, 4) is 0 Å². The van der Waals surface area contributed by atoms with Crippen LogP contribution in [-0.2, 0) is 9.47 Å². The number of rotatable bonds is 6. The van der Waals surface area contributed by atoms with E-state index in [1.54, 1.807) is 7.11 Å². The summed E-state index contributed by atoms with van der Waals surface area (Å²) in [4.78, 5) is 0. The minimum atomic E-state index is 0.476. The van der Waals surface area contributed by atoms with E-state index in [0.717, 1.165) is 26.1 Å². The van der Waals surface area contributed by atoms with Crippen LogP contribution in [0.3, 0.4) is 0 Å². The van der Waals surface area contributed by atoms with Gasteiger partial charge in [0.25, 0.3) is 0 Å². The molecule has 1 rings (SSSR count). The number of hydrogen-bond acceptors (Lipinski definition) is 3. The van der Waals surface area contributed by atoms with E-state index in [9.17, 15) is 0 Å². The second-order valence-corrected chi connectivity index (χ2v) is 3.68. The molecular formula is C10H21NO2. The molecule has 1 saturated heterocycles. The average Bonchev–Trinajstić information content (AvgIpc) is 2.51. The molecule has 13 heavy (non-hydrogen) atoms. The molecule has 3 heteroatoms. The molecule has 1 aliphatic rings. The molecule has 3 nitrogen and oxygen atoms in total. The van der Waals surface area contributed by atoms with E-state index in [1.807, 2.05) is 0 Å². The van der Waals surface area contributed by atoms with Gasteiger partial charge in [0.1, 0.15) is 0 Å². The maximum Gasteiger partial charge on any atom is 0.0591 e. The standard InChI is InChI=1S/C10H21NO2/c1-9-3-4-10(13-9)5-6-11-7-8-12-2/h9-11H,3-8H2,1-2H3. The summed E-state index contributed by atoms with van der Waals surface area (Å²) < 4.78 is 10.6. The minimum absolute atomic E-state index is 0.476. The van der Waals surface area contributed by atoms with Crippen LogP contribution in [0, 0.1) is 0 Å². The fraction of sp³-hybridized carbons (Fsp3) is 1.00. The van der Waals surface area contributed by atoms with Crippen LogP contribution in [0.1, 0.15) is 26.2 Å². The van der Waals surface area contributed by atoms with Crippen LogP contribution in [0.4, 0.5) is 0 Å². The fourth-order valence-corrected chi connectivity index (χ4v) is 1.66. The SMILES string of the molecule is COCCNCCC1CCC(C)O1. The fourth-order valence-electron chi connectivity index (χ4n) is 1.66. The van der Waals surface area contributed by atoms with Crippen molar-refractivity contribution in [2.75, 3.05) is 26.8 Å². The third kappa shape index (κ3) is 4.60. The summed E-state index contributed by atoms with van der Waals surface area (Å²) in [6.45, 7) is 4.93. The van der Waals surface area contributed by atoms with Crippen molar-refractivity contribution in [1.82, 2.24) is 5.32 Å². The third-order valence-corrected chi connectivity index (χ3v) is 2.45. The van der Waals surface area contributed by atoms with Gasteiger partial charge in [0.2, 0.25) is 0 Å². The lowest BCUT2D eigenvalue weighted by Gasteiger charge is -2.11. The van der Waals surface area contributed by atoms with Crippen molar-refractivity contribution in [1.29, 1.82) is 0 Å². The van der Waals surface area contributed by atoms with Gasteiger partial charge < -0.3 is 14.8 Å². The summed E-state index contributed by atoms with van der Waals surface area (Å²) in [5.41, 5.74) is 0. The highest BCUT2D eigenvalue weighted by Crippen LogP contribution is 2.20. The molecule has 1 aliphatic heterocycles. The Bertz CT molecular complexity index is 130. The Kier molecular flexibility index (Phi) is 5.35. The van der Waals surface area contributed by atoms with Gasteiger partial charge in [-0.1, -0.05) is 0 Å². The van der Waals surface area contributed by atoms with Gasteiger partial charge in [-0.3, -0.25) is 0 Å². The largest absolute Gasteiger partial charge is 0.383 e. The lowest BCUT2D eigenvalue weighted by molar-refractivity contribution is 0.0509. The van der Waals surface area contributed by atoms with Crippen molar-refractivity contribution in [3.63, 3.8) is 0 Å². The van der Waals surface area contributed by atoms with Gasteiger partial charge in [0, 0.05) is 13.7 Å². The van der Waals surface area contributed by atoms with Crippen molar-refractivity contribution in [3.05, 3.63) is 0 Å². The molecule has 1 heterocycles. The zero-order chi connectivity index (χ0) is 9.52. The van der Waals surface area contributed by atoms with Crippen LogP contribution in [0.2, 0.25) is 0 Å². The van der Waals surface area contributed by atoms with Crippen molar-refractivity contribution in [2.24, 2.45) is 0 Å². The summed E-state index contributed by atoms with van der Waals surface area (Å²) in [7, 11) is 1.73. The van der Waals surface area contributed by atoms with E-state index in [0.29, 0.717) is 12.2 Å². The summed E-state index contributed by atoms with van der Waals surface area (Å²) in [5, 5.41) is 3.32. The molecule has 0 amide bonds. The van der Waals surface area contributed by atoms with E-state index >= 15 is 0 Å². The first kappa shape index (κ1) is 11.0. The predicted octanol–water partition coefficient (Wildman–Crippen LogP) is 1.18. The minimum Gasteiger partial charge on any atom is -0.383 e. The number of nitrogens with one attached hydrogen (secondary N) is 1. The lowest BCUT2D eigenvalue weighted by Crippen LogP contribution is -2.23. The van der Waals surface area contributed by atoms with Crippen molar-refractivity contribution in [2.45, 2.75) is 38.4 Å². The van der Waals surface area contributed by atoms with Crippen molar-refractivity contribution < 1.29 is 9.47 Å². The van der Waals surface area contributed by atoms with Crippen LogP contribution >= 0.6 is 0 Å².